The zero-order valence-electron chi connectivity index (χ0n) is 18.5. The monoisotopic (exact) mass is 491 g/mol. The quantitative estimate of drug-likeness (QED) is 0.499. The van der Waals surface area contributed by atoms with E-state index in [0.717, 1.165) is 38.1 Å². The number of aromatic nitrogens is 3. The number of rotatable bonds is 8. The van der Waals surface area contributed by atoms with Gasteiger partial charge >= 0.3 is 0 Å². The van der Waals surface area contributed by atoms with Crippen LogP contribution in [0.25, 0.3) is 22.4 Å². The van der Waals surface area contributed by atoms with Gasteiger partial charge in [0.25, 0.3) is 0 Å². The third-order valence-electron chi connectivity index (χ3n) is 6.00. The second-order valence-electron chi connectivity index (χ2n) is 8.51. The Labute approximate surface area is 195 Å². The van der Waals surface area contributed by atoms with Crippen molar-refractivity contribution in [1.29, 1.82) is 5.26 Å². The van der Waals surface area contributed by atoms with E-state index < -0.39 is 35.6 Å². The van der Waals surface area contributed by atoms with Crippen molar-refractivity contribution in [3.8, 4) is 17.6 Å². The van der Waals surface area contributed by atoms with Gasteiger partial charge in [-0.25, -0.2) is 36.3 Å². The van der Waals surface area contributed by atoms with Crippen LogP contribution in [0, 0.1) is 11.3 Å². The van der Waals surface area contributed by atoms with Crippen molar-refractivity contribution in [1.82, 2.24) is 19.3 Å². The molecule has 7 nitrogen and oxygen atoms in total. The molecule has 1 saturated carbocycles. The molecule has 11 heteroatoms. The average Bonchev–Trinajstić information content (AvgIpc) is 3.43. The lowest BCUT2D eigenvalue weighted by Gasteiger charge is -2.18. The molecule has 0 bridgehead atoms. The van der Waals surface area contributed by atoms with Crippen molar-refractivity contribution >= 4 is 20.9 Å². The Balaban J connectivity index is 1.86. The van der Waals surface area contributed by atoms with E-state index in [-0.39, 0.29) is 16.8 Å². The maximum atomic E-state index is 13.0. The third-order valence-corrected chi connectivity index (χ3v) is 7.54. The number of alkyl halides is 3. The topological polar surface area (TPSA) is 101 Å². The minimum atomic E-state index is -4.01. The zero-order chi connectivity index (χ0) is 24.5. The highest BCUT2D eigenvalue weighted by molar-refractivity contribution is 7.89. The highest BCUT2D eigenvalue weighted by atomic mass is 32.2. The molecule has 0 radical (unpaired) electrons. The third kappa shape index (κ3) is 4.65. The molecule has 34 heavy (non-hydrogen) atoms. The minimum Gasteiger partial charge on any atom is -0.334 e. The molecule has 1 atom stereocenters. The fraction of sp³-hybridized carbons (Fsp3) is 0.435. The van der Waals surface area contributed by atoms with Gasteiger partial charge in [-0.2, -0.15) is 5.26 Å². The molecule has 3 aromatic rings. The Hall–Kier alpha value is -2.97. The number of nitrogens with one attached hydrogen (secondary N) is 1. The van der Waals surface area contributed by atoms with Crippen LogP contribution in [0.4, 0.5) is 13.2 Å². The summed E-state index contributed by atoms with van der Waals surface area (Å²) in [4.78, 5) is 8.25. The van der Waals surface area contributed by atoms with Gasteiger partial charge < -0.3 is 4.57 Å². The molecule has 0 spiro atoms. The summed E-state index contributed by atoms with van der Waals surface area (Å²) in [6.07, 6.45) is 3.07. The summed E-state index contributed by atoms with van der Waals surface area (Å²) in [6, 6.07) is 6.28. The Morgan fingerprint density at radius 2 is 1.91 bits per heavy atom. The van der Waals surface area contributed by atoms with Gasteiger partial charge in [0.1, 0.15) is 23.3 Å². The van der Waals surface area contributed by atoms with Crippen molar-refractivity contribution in [3.63, 3.8) is 0 Å². The molecule has 0 amide bonds. The molecule has 4 rings (SSSR count). The lowest BCUT2D eigenvalue weighted by atomic mass is 10.1. The van der Waals surface area contributed by atoms with Crippen molar-refractivity contribution < 1.29 is 21.6 Å². The normalized spacial score (nSPS) is 15.8. The van der Waals surface area contributed by atoms with Crippen molar-refractivity contribution in [2.45, 2.75) is 62.4 Å². The molecule has 1 fully saturated rings. The summed E-state index contributed by atoms with van der Waals surface area (Å²) in [6.45, 7) is 0.535. The molecule has 0 saturated heterocycles. The smallest absolute Gasteiger partial charge is 0.243 e. The molecule has 0 aliphatic heterocycles. The van der Waals surface area contributed by atoms with Crippen LogP contribution in [-0.2, 0) is 16.4 Å². The fourth-order valence-corrected chi connectivity index (χ4v) is 5.59. The van der Waals surface area contributed by atoms with Crippen LogP contribution >= 0.6 is 0 Å². The number of sulfonamides is 1. The van der Waals surface area contributed by atoms with Crippen LogP contribution < -0.4 is 4.72 Å². The Kier molecular flexibility index (Phi) is 6.91. The number of halogens is 3. The van der Waals surface area contributed by atoms with Crippen LogP contribution in [0.5, 0.6) is 0 Å². The molecule has 2 aromatic heterocycles. The lowest BCUT2D eigenvalue weighted by Crippen LogP contribution is -2.34. The van der Waals surface area contributed by atoms with E-state index >= 15 is 0 Å². The maximum Gasteiger partial charge on any atom is 0.243 e. The largest absolute Gasteiger partial charge is 0.334 e. The molecular weight excluding hydrogens is 467 g/mol. The van der Waals surface area contributed by atoms with Crippen LogP contribution in [0.1, 0.15) is 49.8 Å². The highest BCUT2D eigenvalue weighted by Gasteiger charge is 2.28. The van der Waals surface area contributed by atoms with Gasteiger partial charge in [0.2, 0.25) is 16.4 Å². The van der Waals surface area contributed by atoms with E-state index in [1.165, 1.54) is 6.92 Å². The first-order valence-electron chi connectivity index (χ1n) is 11.0. The molecule has 1 aromatic carbocycles. The van der Waals surface area contributed by atoms with Crippen LogP contribution in [0.2, 0.25) is 0 Å². The van der Waals surface area contributed by atoms with Gasteiger partial charge in [0, 0.05) is 23.9 Å². The molecule has 0 unspecified atom stereocenters. The Bertz CT molecular complexity index is 1330. The van der Waals surface area contributed by atoms with Crippen molar-refractivity contribution in [3.05, 3.63) is 41.7 Å². The minimum absolute atomic E-state index is 0.0421. The molecule has 1 N–H and O–H groups in total. The summed E-state index contributed by atoms with van der Waals surface area (Å²) in [7, 11) is -4.01. The summed E-state index contributed by atoms with van der Waals surface area (Å²) < 4.78 is 67.8. The fourth-order valence-electron chi connectivity index (χ4n) is 4.48. The summed E-state index contributed by atoms with van der Waals surface area (Å²) >= 11 is 0. The standard InChI is InChI=1S/C23H24F3N5O2S/c1-14(10-24)30-34(32,33)17-12-28-23(29-13-17)22-19(11-27)18-7-6-15(9-21(25)26)8-20(18)31(22)16-4-2-3-5-16/h6-8,12-14,16,21,30H,2-5,9-10H2,1H3/t14-/m0/s1. The Morgan fingerprint density at radius 1 is 1.24 bits per heavy atom. The average molecular weight is 492 g/mol. The molecule has 1 aliphatic rings. The first-order valence-corrected chi connectivity index (χ1v) is 12.5. The van der Waals surface area contributed by atoms with E-state index in [0.29, 0.717) is 27.7 Å². The predicted molar refractivity (Wildman–Crippen MR) is 121 cm³/mol. The molecule has 1 aliphatic carbocycles. The maximum absolute atomic E-state index is 13.0. The van der Waals surface area contributed by atoms with Crippen molar-refractivity contribution in [2.24, 2.45) is 0 Å². The number of hydrogen-bond donors (Lipinski definition) is 1. The van der Waals surface area contributed by atoms with Crippen LogP contribution in [-0.4, -0.2) is 42.1 Å². The SMILES string of the molecule is C[C@@H](CF)NS(=O)(=O)c1cnc(-c2c(C#N)c3ccc(CC(F)F)cc3n2C2CCCC2)nc1. The van der Waals surface area contributed by atoms with E-state index in [9.17, 15) is 26.9 Å². The van der Waals surface area contributed by atoms with E-state index in [1.807, 2.05) is 4.57 Å². The van der Waals surface area contributed by atoms with Crippen molar-refractivity contribution in [2.75, 3.05) is 6.67 Å². The molecular formula is C23H24F3N5O2S. The van der Waals surface area contributed by atoms with Crippen LogP contribution in [0.3, 0.4) is 0 Å². The summed E-state index contributed by atoms with van der Waals surface area (Å²) in [5.74, 6) is 0.160. The van der Waals surface area contributed by atoms with Gasteiger partial charge in [-0.1, -0.05) is 25.0 Å². The molecule has 180 valence electrons. The van der Waals surface area contributed by atoms with Gasteiger partial charge in [0.15, 0.2) is 5.82 Å². The Morgan fingerprint density at radius 3 is 2.50 bits per heavy atom. The predicted octanol–water partition coefficient (Wildman–Crippen LogP) is 4.53. The van der Waals surface area contributed by atoms with E-state index in [4.69, 9.17) is 0 Å². The second-order valence-corrected chi connectivity index (χ2v) is 10.2. The number of fused-ring (bicyclic) bond motifs is 1. The number of benzene rings is 1. The van der Waals surface area contributed by atoms with Gasteiger partial charge in [0.05, 0.1) is 23.5 Å². The number of hydrogen-bond acceptors (Lipinski definition) is 5. The first-order chi connectivity index (χ1) is 16.2. The lowest BCUT2D eigenvalue weighted by molar-refractivity contribution is 0.149. The number of nitrogens with zero attached hydrogens (tertiary/aromatic N) is 4. The van der Waals surface area contributed by atoms with Gasteiger partial charge in [-0.3, -0.25) is 0 Å². The highest BCUT2D eigenvalue weighted by Crippen LogP contribution is 2.40. The van der Waals surface area contributed by atoms with Gasteiger partial charge in [-0.15, -0.1) is 0 Å². The van der Waals surface area contributed by atoms with Crippen LogP contribution in [0.15, 0.2) is 35.5 Å². The summed E-state index contributed by atoms with van der Waals surface area (Å²) in [5.41, 5.74) is 1.87. The summed E-state index contributed by atoms with van der Waals surface area (Å²) in [5, 5.41) is 10.6. The zero-order valence-corrected chi connectivity index (χ0v) is 19.3. The number of nitriles is 1. The second kappa shape index (κ2) is 9.72. The van der Waals surface area contributed by atoms with Gasteiger partial charge in [-0.05, 0) is 31.4 Å². The van der Waals surface area contributed by atoms with E-state index in [2.05, 4.69) is 20.8 Å². The molecule has 2 heterocycles. The first kappa shape index (κ1) is 24.2. The van der Waals surface area contributed by atoms with E-state index in [1.54, 1.807) is 18.2 Å².